The second-order valence-electron chi connectivity index (χ2n) is 3.94. The highest BCUT2D eigenvalue weighted by Crippen LogP contribution is 2.41. The fourth-order valence-electron chi connectivity index (χ4n) is 1.82. The highest BCUT2D eigenvalue weighted by atomic mass is 79.9. The molecule has 2 rings (SSSR count). The molecule has 106 valence electrons. The molecule has 20 heavy (non-hydrogen) atoms. The van der Waals surface area contributed by atoms with Crippen molar-refractivity contribution in [1.82, 2.24) is 9.78 Å². The van der Waals surface area contributed by atoms with Crippen LogP contribution >= 0.6 is 15.9 Å². The van der Waals surface area contributed by atoms with Gasteiger partial charge in [-0.15, -0.1) is 0 Å². The van der Waals surface area contributed by atoms with E-state index in [0.29, 0.717) is 0 Å². The summed E-state index contributed by atoms with van der Waals surface area (Å²) in [5.74, 6) is -2.70. The van der Waals surface area contributed by atoms with Gasteiger partial charge in [0.05, 0.1) is 18.4 Å². The molecular formula is C12H10BrFN2O4. The van der Waals surface area contributed by atoms with Crippen LogP contribution in [-0.4, -0.2) is 33.1 Å². The van der Waals surface area contributed by atoms with E-state index >= 15 is 0 Å². The number of aromatic nitrogens is 2. The fourth-order valence-corrected chi connectivity index (χ4v) is 2.42. The summed E-state index contributed by atoms with van der Waals surface area (Å²) in [6.07, 6.45) is 0. The average molecular weight is 345 g/mol. The van der Waals surface area contributed by atoms with Crippen molar-refractivity contribution >= 4 is 21.9 Å². The standard InChI is InChI=1S/C12H10BrFN2O4/c1-16-7(4-6(15-16)12(18)19)9-5(13)3-8(17)11(20-2)10(9)14/h3-4,17H,1-2H3,(H,18,19). The highest BCUT2D eigenvalue weighted by molar-refractivity contribution is 9.10. The number of hydrogen-bond donors (Lipinski definition) is 2. The summed E-state index contributed by atoms with van der Waals surface area (Å²) in [4.78, 5) is 10.9. The molecule has 1 aromatic carbocycles. The van der Waals surface area contributed by atoms with Crippen molar-refractivity contribution in [2.75, 3.05) is 7.11 Å². The minimum atomic E-state index is -1.21. The minimum absolute atomic E-state index is 0.0575. The Kier molecular flexibility index (Phi) is 3.67. The first kappa shape index (κ1) is 14.3. The maximum atomic E-state index is 14.4. The lowest BCUT2D eigenvalue weighted by Gasteiger charge is -2.11. The van der Waals surface area contributed by atoms with E-state index in [2.05, 4.69) is 21.0 Å². The van der Waals surface area contributed by atoms with Crippen LogP contribution in [0.25, 0.3) is 11.3 Å². The molecule has 0 aliphatic heterocycles. The Labute approximate surface area is 121 Å². The molecule has 1 heterocycles. The number of methoxy groups -OCH3 is 1. The number of phenolic OH excluding ortho intramolecular Hbond substituents is 1. The van der Waals surface area contributed by atoms with Gasteiger partial charge in [0.1, 0.15) is 0 Å². The molecule has 0 fully saturated rings. The average Bonchev–Trinajstić information content (AvgIpc) is 2.72. The third-order valence-electron chi connectivity index (χ3n) is 2.71. The number of carboxylic acids is 1. The van der Waals surface area contributed by atoms with Gasteiger partial charge in [-0.3, -0.25) is 4.68 Å². The molecule has 1 aromatic heterocycles. The van der Waals surface area contributed by atoms with Gasteiger partial charge in [-0.25, -0.2) is 9.18 Å². The van der Waals surface area contributed by atoms with E-state index in [-0.39, 0.29) is 32.9 Å². The molecule has 0 atom stereocenters. The molecule has 0 spiro atoms. The lowest BCUT2D eigenvalue weighted by Crippen LogP contribution is -2.00. The number of nitrogens with zero attached hydrogens (tertiary/aromatic N) is 2. The number of carbonyl (C=O) groups is 1. The van der Waals surface area contributed by atoms with Crippen LogP contribution < -0.4 is 4.74 Å². The number of phenols is 1. The molecule has 2 aromatic rings. The number of ether oxygens (including phenoxy) is 1. The summed E-state index contributed by atoms with van der Waals surface area (Å²) in [7, 11) is 2.72. The topological polar surface area (TPSA) is 84.6 Å². The van der Waals surface area contributed by atoms with Gasteiger partial charge < -0.3 is 14.9 Å². The van der Waals surface area contributed by atoms with Crippen LogP contribution in [0.5, 0.6) is 11.5 Å². The number of aryl methyl sites for hydroxylation is 1. The Morgan fingerprint density at radius 3 is 2.65 bits per heavy atom. The van der Waals surface area contributed by atoms with Crippen molar-refractivity contribution in [3.63, 3.8) is 0 Å². The van der Waals surface area contributed by atoms with Crippen LogP contribution in [0.3, 0.4) is 0 Å². The first-order valence-corrected chi connectivity index (χ1v) is 6.18. The van der Waals surface area contributed by atoms with E-state index in [4.69, 9.17) is 9.84 Å². The summed E-state index contributed by atoms with van der Waals surface area (Å²) >= 11 is 3.13. The second kappa shape index (κ2) is 5.12. The SMILES string of the molecule is COc1c(O)cc(Br)c(-c2cc(C(=O)O)nn2C)c1F. The van der Waals surface area contributed by atoms with E-state index < -0.39 is 11.8 Å². The summed E-state index contributed by atoms with van der Waals surface area (Å²) in [6, 6.07) is 2.51. The van der Waals surface area contributed by atoms with E-state index in [1.807, 2.05) is 0 Å². The highest BCUT2D eigenvalue weighted by Gasteiger charge is 2.23. The second-order valence-corrected chi connectivity index (χ2v) is 4.80. The Morgan fingerprint density at radius 2 is 2.15 bits per heavy atom. The van der Waals surface area contributed by atoms with Gasteiger partial charge in [-0.1, -0.05) is 0 Å². The van der Waals surface area contributed by atoms with E-state index in [9.17, 15) is 14.3 Å². The zero-order chi connectivity index (χ0) is 15.0. The Hall–Kier alpha value is -2.09. The zero-order valence-electron chi connectivity index (χ0n) is 10.5. The predicted molar refractivity (Wildman–Crippen MR) is 71.5 cm³/mol. The minimum Gasteiger partial charge on any atom is -0.504 e. The summed E-state index contributed by atoms with van der Waals surface area (Å²) in [6.45, 7) is 0. The van der Waals surface area contributed by atoms with Gasteiger partial charge in [0.2, 0.25) is 0 Å². The molecule has 0 unspecified atom stereocenters. The molecule has 0 aliphatic carbocycles. The molecule has 2 N–H and O–H groups in total. The van der Waals surface area contributed by atoms with Crippen molar-refractivity contribution in [1.29, 1.82) is 0 Å². The van der Waals surface area contributed by atoms with E-state index in [1.54, 1.807) is 0 Å². The van der Waals surface area contributed by atoms with E-state index in [0.717, 1.165) is 0 Å². The van der Waals surface area contributed by atoms with Gasteiger partial charge in [0.25, 0.3) is 0 Å². The van der Waals surface area contributed by atoms with Crippen molar-refractivity contribution in [3.8, 4) is 22.8 Å². The van der Waals surface area contributed by atoms with Crippen molar-refractivity contribution in [2.24, 2.45) is 7.05 Å². The summed E-state index contributed by atoms with van der Waals surface area (Å²) < 4.78 is 20.7. The molecule has 0 amide bonds. The van der Waals surface area contributed by atoms with Crippen molar-refractivity contribution < 1.29 is 24.1 Å². The lowest BCUT2D eigenvalue weighted by atomic mass is 10.1. The van der Waals surface area contributed by atoms with Gasteiger partial charge >= 0.3 is 5.97 Å². The Morgan fingerprint density at radius 1 is 1.50 bits per heavy atom. The molecule has 0 saturated carbocycles. The summed E-state index contributed by atoms with van der Waals surface area (Å²) in [5.41, 5.74) is 0.0908. The number of carboxylic acid groups (broad SMARTS) is 1. The van der Waals surface area contributed by atoms with E-state index in [1.165, 1.54) is 31.0 Å². The molecule has 0 bridgehead atoms. The van der Waals surface area contributed by atoms with Crippen LogP contribution in [0, 0.1) is 5.82 Å². The molecule has 8 heteroatoms. The molecule has 0 radical (unpaired) electrons. The van der Waals surface area contributed by atoms with Gasteiger partial charge in [-0.2, -0.15) is 5.10 Å². The fraction of sp³-hybridized carbons (Fsp3) is 0.167. The normalized spacial score (nSPS) is 10.6. The number of halogens is 2. The van der Waals surface area contributed by atoms with Gasteiger partial charge in [0, 0.05) is 11.5 Å². The number of aromatic carboxylic acids is 1. The van der Waals surface area contributed by atoms with Crippen molar-refractivity contribution in [3.05, 3.63) is 28.1 Å². The number of hydrogen-bond acceptors (Lipinski definition) is 4. The number of aromatic hydroxyl groups is 1. The number of rotatable bonds is 3. The lowest BCUT2D eigenvalue weighted by molar-refractivity contribution is 0.0689. The largest absolute Gasteiger partial charge is 0.504 e. The van der Waals surface area contributed by atoms with Crippen molar-refractivity contribution in [2.45, 2.75) is 0 Å². The van der Waals surface area contributed by atoms with Gasteiger partial charge in [0.15, 0.2) is 23.0 Å². The predicted octanol–water partition coefficient (Wildman–Crippen LogP) is 2.40. The van der Waals surface area contributed by atoms with Gasteiger partial charge in [-0.05, 0) is 28.1 Å². The quantitative estimate of drug-likeness (QED) is 0.892. The third-order valence-corrected chi connectivity index (χ3v) is 3.34. The monoisotopic (exact) mass is 344 g/mol. The van der Waals surface area contributed by atoms with Crippen LogP contribution in [-0.2, 0) is 7.05 Å². The molecule has 6 nitrogen and oxygen atoms in total. The Balaban J connectivity index is 2.73. The Bertz CT molecular complexity index is 699. The molecular weight excluding hydrogens is 335 g/mol. The maximum absolute atomic E-state index is 14.4. The summed E-state index contributed by atoms with van der Waals surface area (Å²) in [5, 5.41) is 22.3. The number of benzene rings is 1. The smallest absolute Gasteiger partial charge is 0.356 e. The van der Waals surface area contributed by atoms with Crippen LogP contribution in [0.2, 0.25) is 0 Å². The van der Waals surface area contributed by atoms with Crippen LogP contribution in [0.15, 0.2) is 16.6 Å². The van der Waals surface area contributed by atoms with Crippen LogP contribution in [0.1, 0.15) is 10.5 Å². The maximum Gasteiger partial charge on any atom is 0.356 e. The van der Waals surface area contributed by atoms with Crippen LogP contribution in [0.4, 0.5) is 4.39 Å². The molecule has 0 aliphatic rings. The third kappa shape index (κ3) is 2.22. The zero-order valence-corrected chi connectivity index (χ0v) is 12.1. The first-order valence-electron chi connectivity index (χ1n) is 5.39. The molecule has 0 saturated heterocycles. The first-order chi connectivity index (χ1) is 9.36.